The molecule has 0 fully saturated rings. The molecule has 0 heterocycles. The number of esters is 1. The summed E-state index contributed by atoms with van der Waals surface area (Å²) >= 11 is 0. The van der Waals surface area contributed by atoms with E-state index in [4.69, 9.17) is 20.3 Å². The number of benzene rings is 1. The lowest BCUT2D eigenvalue weighted by atomic mass is 10.1. The van der Waals surface area contributed by atoms with Crippen LogP contribution < -0.4 is 11.1 Å². The molecule has 9 heteroatoms. The Morgan fingerprint density at radius 1 is 1.20 bits per heavy atom. The Labute approximate surface area is 144 Å². The third-order valence-corrected chi connectivity index (χ3v) is 3.14. The number of carboxylic acid groups (broad SMARTS) is 1. The van der Waals surface area contributed by atoms with E-state index in [0.717, 1.165) is 5.56 Å². The normalized spacial score (nSPS) is 11.9. The van der Waals surface area contributed by atoms with Crippen LogP contribution in [0.25, 0.3) is 0 Å². The lowest BCUT2D eigenvalue weighted by Gasteiger charge is -2.22. The Hall–Kier alpha value is -3.10. The first-order valence-electron chi connectivity index (χ1n) is 7.33. The Balaban J connectivity index is 2.56. The summed E-state index contributed by atoms with van der Waals surface area (Å²) in [7, 11) is 0. The number of nitrogens with two attached hydrogens (primary N) is 1. The van der Waals surface area contributed by atoms with Gasteiger partial charge in [0.2, 0.25) is 0 Å². The summed E-state index contributed by atoms with van der Waals surface area (Å²) in [6, 6.07) is 7.24. The molecule has 136 valence electrons. The molecular weight excluding hydrogens is 332 g/mol. The van der Waals surface area contributed by atoms with Gasteiger partial charge in [-0.25, -0.2) is 9.59 Å². The van der Waals surface area contributed by atoms with Gasteiger partial charge in [-0.1, -0.05) is 30.3 Å². The van der Waals surface area contributed by atoms with Crippen molar-refractivity contribution in [1.29, 1.82) is 0 Å². The number of aliphatic carboxylic acids is 1. The number of ether oxygens (including phenoxy) is 2. The van der Waals surface area contributed by atoms with E-state index in [2.05, 4.69) is 0 Å². The second kappa shape index (κ2) is 8.67. The van der Waals surface area contributed by atoms with Crippen LogP contribution in [0.1, 0.15) is 25.8 Å². The average Bonchev–Trinajstić information content (AvgIpc) is 2.52. The van der Waals surface area contributed by atoms with Gasteiger partial charge in [0.15, 0.2) is 5.60 Å². The average molecular weight is 352 g/mol. The van der Waals surface area contributed by atoms with Crippen molar-refractivity contribution in [3.8, 4) is 0 Å². The zero-order chi connectivity index (χ0) is 19.0. The van der Waals surface area contributed by atoms with E-state index in [1.54, 1.807) is 30.3 Å². The van der Waals surface area contributed by atoms with E-state index < -0.39 is 42.0 Å². The van der Waals surface area contributed by atoms with Crippen molar-refractivity contribution in [2.45, 2.75) is 38.5 Å². The second-order valence-electron chi connectivity index (χ2n) is 5.65. The second-order valence-corrected chi connectivity index (χ2v) is 5.65. The number of alkyl carbamates (subject to hydrolysis) is 1. The van der Waals surface area contributed by atoms with Crippen molar-refractivity contribution in [3.05, 3.63) is 35.9 Å². The van der Waals surface area contributed by atoms with E-state index in [0.29, 0.717) is 0 Å². The van der Waals surface area contributed by atoms with Gasteiger partial charge in [0.25, 0.3) is 5.91 Å². The number of hydrogen-bond donors (Lipinski definition) is 3. The number of carbonyl (C=O) groups is 4. The summed E-state index contributed by atoms with van der Waals surface area (Å²) in [5.41, 5.74) is 4.16. The molecule has 0 bridgehead atoms. The van der Waals surface area contributed by atoms with E-state index in [1.807, 2.05) is 5.32 Å². The van der Waals surface area contributed by atoms with Gasteiger partial charge >= 0.3 is 18.0 Å². The largest absolute Gasteiger partial charge is 0.480 e. The number of carbonyl (C=O) groups excluding carboxylic acids is 3. The van der Waals surface area contributed by atoms with Crippen molar-refractivity contribution in [2.24, 2.45) is 5.73 Å². The number of primary amides is 1. The van der Waals surface area contributed by atoms with Crippen LogP contribution in [0.3, 0.4) is 0 Å². The first kappa shape index (κ1) is 19.9. The number of amides is 2. The molecule has 0 radical (unpaired) electrons. The van der Waals surface area contributed by atoms with Crippen LogP contribution in [-0.2, 0) is 30.5 Å². The first-order chi connectivity index (χ1) is 11.6. The predicted molar refractivity (Wildman–Crippen MR) is 85.2 cm³/mol. The summed E-state index contributed by atoms with van der Waals surface area (Å²) in [5.74, 6) is -3.17. The maximum atomic E-state index is 11.8. The zero-order valence-corrected chi connectivity index (χ0v) is 13.9. The topological polar surface area (TPSA) is 145 Å². The Morgan fingerprint density at radius 2 is 1.80 bits per heavy atom. The minimum atomic E-state index is -1.62. The van der Waals surface area contributed by atoms with Crippen molar-refractivity contribution in [2.75, 3.05) is 0 Å². The van der Waals surface area contributed by atoms with Crippen molar-refractivity contribution >= 4 is 23.9 Å². The fraction of sp³-hybridized carbons (Fsp3) is 0.375. The highest BCUT2D eigenvalue weighted by atomic mass is 16.6. The Kier molecular flexibility index (Phi) is 6.92. The SMILES string of the molecule is CC(C)(OC(=O)N[C@@H](CC(=O)OCc1ccccc1)C(=O)O)C(N)=O. The highest BCUT2D eigenvalue weighted by Gasteiger charge is 2.32. The van der Waals surface area contributed by atoms with Crippen LogP contribution >= 0.6 is 0 Å². The lowest BCUT2D eigenvalue weighted by molar-refractivity contribution is -0.150. The van der Waals surface area contributed by atoms with Gasteiger partial charge in [-0.15, -0.1) is 0 Å². The molecule has 0 saturated heterocycles. The van der Waals surface area contributed by atoms with Crippen LogP contribution in [0.5, 0.6) is 0 Å². The lowest BCUT2D eigenvalue weighted by Crippen LogP contribution is -2.49. The molecule has 2 amide bonds. The zero-order valence-electron chi connectivity index (χ0n) is 13.9. The quantitative estimate of drug-likeness (QED) is 0.580. The van der Waals surface area contributed by atoms with Gasteiger partial charge in [-0.3, -0.25) is 9.59 Å². The standard InChI is InChI=1S/C16H20N2O7/c1-16(2,14(17)22)25-15(23)18-11(13(20)21)8-12(19)24-9-10-6-4-3-5-7-10/h3-7,11H,8-9H2,1-2H3,(H2,17,22)(H,18,23)(H,20,21)/t11-/m0/s1. The third-order valence-electron chi connectivity index (χ3n) is 3.14. The summed E-state index contributed by atoms with van der Waals surface area (Å²) in [5, 5.41) is 11.1. The molecule has 9 nitrogen and oxygen atoms in total. The maximum absolute atomic E-state index is 11.8. The van der Waals surface area contributed by atoms with Crippen LogP contribution in [0, 0.1) is 0 Å². The van der Waals surface area contributed by atoms with Crippen molar-refractivity contribution < 1.29 is 33.8 Å². The van der Waals surface area contributed by atoms with Crippen LogP contribution in [-0.4, -0.2) is 40.7 Å². The minimum Gasteiger partial charge on any atom is -0.480 e. The maximum Gasteiger partial charge on any atom is 0.408 e. The summed E-state index contributed by atoms with van der Waals surface area (Å²) in [6.07, 6.45) is -1.79. The molecule has 0 saturated carbocycles. The molecule has 4 N–H and O–H groups in total. The van der Waals surface area contributed by atoms with Gasteiger partial charge in [0.1, 0.15) is 12.6 Å². The summed E-state index contributed by atoms with van der Waals surface area (Å²) < 4.78 is 9.71. The number of hydrogen-bond acceptors (Lipinski definition) is 6. The van der Waals surface area contributed by atoms with Gasteiger partial charge in [0, 0.05) is 0 Å². The fourth-order valence-electron chi connectivity index (χ4n) is 1.62. The van der Waals surface area contributed by atoms with E-state index in [-0.39, 0.29) is 6.61 Å². The van der Waals surface area contributed by atoms with E-state index in [1.165, 1.54) is 13.8 Å². The Bertz CT molecular complexity index is 643. The highest BCUT2D eigenvalue weighted by Crippen LogP contribution is 2.09. The van der Waals surface area contributed by atoms with Gasteiger partial charge in [-0.05, 0) is 19.4 Å². The fourth-order valence-corrected chi connectivity index (χ4v) is 1.62. The molecule has 25 heavy (non-hydrogen) atoms. The first-order valence-corrected chi connectivity index (χ1v) is 7.33. The minimum absolute atomic E-state index is 0.0227. The molecule has 1 aromatic rings. The van der Waals surface area contributed by atoms with Crippen LogP contribution in [0.15, 0.2) is 30.3 Å². The van der Waals surface area contributed by atoms with Gasteiger partial charge in [-0.2, -0.15) is 0 Å². The molecule has 0 unspecified atom stereocenters. The molecule has 1 atom stereocenters. The van der Waals surface area contributed by atoms with Gasteiger partial charge < -0.3 is 25.6 Å². The van der Waals surface area contributed by atoms with Crippen molar-refractivity contribution in [3.63, 3.8) is 0 Å². The molecule has 0 aliphatic rings. The van der Waals surface area contributed by atoms with E-state index in [9.17, 15) is 19.2 Å². The highest BCUT2D eigenvalue weighted by molar-refractivity contribution is 5.88. The van der Waals surface area contributed by atoms with E-state index >= 15 is 0 Å². The molecule has 0 spiro atoms. The smallest absolute Gasteiger partial charge is 0.408 e. The number of nitrogens with one attached hydrogen (secondary N) is 1. The third kappa shape index (κ3) is 6.90. The Morgan fingerprint density at radius 3 is 2.32 bits per heavy atom. The molecule has 0 aromatic heterocycles. The monoisotopic (exact) mass is 352 g/mol. The molecule has 1 aromatic carbocycles. The predicted octanol–water partition coefficient (Wildman–Crippen LogP) is 0.563. The molecule has 1 rings (SSSR count). The van der Waals surface area contributed by atoms with Crippen LogP contribution in [0.2, 0.25) is 0 Å². The molecule has 0 aliphatic carbocycles. The number of rotatable bonds is 8. The molecular formula is C16H20N2O7. The van der Waals surface area contributed by atoms with Gasteiger partial charge in [0.05, 0.1) is 6.42 Å². The van der Waals surface area contributed by atoms with Crippen LogP contribution in [0.4, 0.5) is 4.79 Å². The van der Waals surface area contributed by atoms with Crippen molar-refractivity contribution in [1.82, 2.24) is 5.32 Å². The summed E-state index contributed by atoms with van der Waals surface area (Å²) in [4.78, 5) is 45.7. The molecule has 0 aliphatic heterocycles. The summed E-state index contributed by atoms with van der Waals surface area (Å²) in [6.45, 7) is 2.47. The number of carboxylic acids is 1.